The van der Waals surface area contributed by atoms with Crippen molar-refractivity contribution >= 4 is 0 Å². The topological polar surface area (TPSA) is 91.0 Å². The Bertz CT molecular complexity index is 197. The number of nitrogens with zero attached hydrogens (tertiary/aromatic N) is 2. The van der Waals surface area contributed by atoms with E-state index in [1.54, 1.807) is 0 Å². The molecule has 0 radical (unpaired) electrons. The van der Waals surface area contributed by atoms with Crippen LogP contribution in [0.25, 0.3) is 0 Å². The number of hydrogen-bond acceptors (Lipinski definition) is 5. The molecule has 0 fully saturated rings. The van der Waals surface area contributed by atoms with Crippen molar-refractivity contribution in [3.8, 4) is 0 Å². The highest BCUT2D eigenvalue weighted by Crippen LogP contribution is 1.95. The maximum absolute atomic E-state index is 5.25. The van der Waals surface area contributed by atoms with Crippen LogP contribution < -0.4 is 11.5 Å². The summed E-state index contributed by atoms with van der Waals surface area (Å²) in [6.45, 7) is 0.834. The van der Waals surface area contributed by atoms with Crippen LogP contribution in [0.15, 0.2) is 4.52 Å². The standard InChI is InChI=1S/C5H10N4O/c6-2-1-5-8-4(3-7)9-10-5/h1-3,6-7H2. The zero-order chi connectivity index (χ0) is 7.40. The average molecular weight is 142 g/mol. The SMILES string of the molecule is NCCc1nc(CN)no1. The summed E-state index contributed by atoms with van der Waals surface area (Å²) in [5.74, 6) is 1.09. The van der Waals surface area contributed by atoms with Crippen molar-refractivity contribution < 1.29 is 4.52 Å². The molecular formula is C5H10N4O. The van der Waals surface area contributed by atoms with E-state index < -0.39 is 0 Å². The Balaban J connectivity index is 2.59. The summed E-state index contributed by atoms with van der Waals surface area (Å²) >= 11 is 0. The van der Waals surface area contributed by atoms with Crippen LogP contribution >= 0.6 is 0 Å². The third-order valence-electron chi connectivity index (χ3n) is 1.05. The van der Waals surface area contributed by atoms with Gasteiger partial charge in [-0.2, -0.15) is 4.98 Å². The van der Waals surface area contributed by atoms with Crippen LogP contribution in [-0.4, -0.2) is 16.7 Å². The van der Waals surface area contributed by atoms with Gasteiger partial charge < -0.3 is 16.0 Å². The van der Waals surface area contributed by atoms with Crippen LogP contribution in [0, 0.1) is 0 Å². The van der Waals surface area contributed by atoms with Crippen molar-refractivity contribution in [2.24, 2.45) is 11.5 Å². The molecule has 0 atom stereocenters. The monoisotopic (exact) mass is 142 g/mol. The van der Waals surface area contributed by atoms with E-state index >= 15 is 0 Å². The summed E-state index contributed by atoms with van der Waals surface area (Å²) < 4.78 is 4.77. The number of aromatic nitrogens is 2. The number of hydrogen-bond donors (Lipinski definition) is 2. The Morgan fingerprint density at radius 2 is 2.20 bits per heavy atom. The molecule has 56 valence electrons. The molecule has 0 aliphatic heterocycles. The predicted octanol–water partition coefficient (Wildman–Crippen LogP) is -0.971. The molecule has 0 saturated carbocycles. The zero-order valence-corrected chi connectivity index (χ0v) is 5.58. The van der Waals surface area contributed by atoms with Gasteiger partial charge in [0.2, 0.25) is 5.89 Å². The van der Waals surface area contributed by atoms with Crippen molar-refractivity contribution in [2.75, 3.05) is 6.54 Å². The molecule has 4 N–H and O–H groups in total. The van der Waals surface area contributed by atoms with Gasteiger partial charge in [-0.05, 0) is 0 Å². The summed E-state index contributed by atoms with van der Waals surface area (Å²) in [7, 11) is 0. The van der Waals surface area contributed by atoms with Gasteiger partial charge >= 0.3 is 0 Å². The van der Waals surface area contributed by atoms with Crippen LogP contribution in [0.2, 0.25) is 0 Å². The fraction of sp³-hybridized carbons (Fsp3) is 0.600. The fourth-order valence-electron chi connectivity index (χ4n) is 0.598. The molecule has 1 aromatic heterocycles. The Kier molecular flexibility index (Phi) is 2.35. The maximum Gasteiger partial charge on any atom is 0.227 e. The maximum atomic E-state index is 5.25. The molecule has 5 heteroatoms. The Hall–Kier alpha value is -0.940. The molecule has 0 unspecified atom stereocenters. The van der Waals surface area contributed by atoms with E-state index in [0.717, 1.165) is 0 Å². The van der Waals surface area contributed by atoms with Gasteiger partial charge in [-0.3, -0.25) is 0 Å². The number of rotatable bonds is 3. The lowest BCUT2D eigenvalue weighted by molar-refractivity contribution is 0.374. The molecule has 0 spiro atoms. The van der Waals surface area contributed by atoms with Gasteiger partial charge in [-0.25, -0.2) is 0 Å². The first-order valence-electron chi connectivity index (χ1n) is 3.08. The van der Waals surface area contributed by atoms with Gasteiger partial charge in [-0.15, -0.1) is 0 Å². The lowest BCUT2D eigenvalue weighted by atomic mass is 10.4. The van der Waals surface area contributed by atoms with Crippen molar-refractivity contribution in [1.29, 1.82) is 0 Å². The first kappa shape index (κ1) is 7.17. The molecule has 1 rings (SSSR count). The lowest BCUT2D eigenvalue weighted by Gasteiger charge is -1.83. The Morgan fingerprint density at radius 1 is 1.40 bits per heavy atom. The molecule has 1 heterocycles. The average Bonchev–Trinajstić information content (AvgIpc) is 2.37. The van der Waals surface area contributed by atoms with Crippen LogP contribution in [0.4, 0.5) is 0 Å². The smallest absolute Gasteiger partial charge is 0.227 e. The largest absolute Gasteiger partial charge is 0.339 e. The Labute approximate surface area is 58.4 Å². The highest BCUT2D eigenvalue weighted by Gasteiger charge is 2.01. The minimum Gasteiger partial charge on any atom is -0.339 e. The van der Waals surface area contributed by atoms with Gasteiger partial charge in [0.15, 0.2) is 5.82 Å². The van der Waals surface area contributed by atoms with Crippen molar-refractivity contribution in [3.05, 3.63) is 11.7 Å². The van der Waals surface area contributed by atoms with E-state index in [2.05, 4.69) is 10.1 Å². The summed E-state index contributed by atoms with van der Waals surface area (Å²) in [6, 6.07) is 0. The molecule has 0 aliphatic rings. The lowest BCUT2D eigenvalue weighted by Crippen LogP contribution is -2.03. The van der Waals surface area contributed by atoms with Crippen molar-refractivity contribution in [1.82, 2.24) is 10.1 Å². The summed E-state index contributed by atoms with van der Waals surface area (Å²) in [6.07, 6.45) is 0.618. The molecule has 1 aromatic rings. The van der Waals surface area contributed by atoms with Gasteiger partial charge in [0.05, 0.1) is 6.54 Å². The minimum atomic E-state index is 0.314. The summed E-state index contributed by atoms with van der Waals surface area (Å²) in [5, 5.41) is 3.59. The first-order valence-corrected chi connectivity index (χ1v) is 3.08. The van der Waals surface area contributed by atoms with Gasteiger partial charge in [0.25, 0.3) is 0 Å². The number of nitrogens with two attached hydrogens (primary N) is 2. The Morgan fingerprint density at radius 3 is 2.70 bits per heavy atom. The van der Waals surface area contributed by atoms with Crippen LogP contribution in [-0.2, 0) is 13.0 Å². The van der Waals surface area contributed by atoms with Crippen LogP contribution in [0.1, 0.15) is 11.7 Å². The molecule has 0 aliphatic carbocycles. The second-order valence-electron chi connectivity index (χ2n) is 1.85. The van der Waals surface area contributed by atoms with E-state index in [-0.39, 0.29) is 0 Å². The van der Waals surface area contributed by atoms with Gasteiger partial charge in [0, 0.05) is 13.0 Å². The third-order valence-corrected chi connectivity index (χ3v) is 1.05. The quantitative estimate of drug-likeness (QED) is 0.566. The fourth-order valence-corrected chi connectivity index (χ4v) is 0.598. The zero-order valence-electron chi connectivity index (χ0n) is 5.58. The summed E-state index contributed by atoms with van der Waals surface area (Å²) in [5.41, 5.74) is 10.5. The molecule has 5 nitrogen and oxygen atoms in total. The second kappa shape index (κ2) is 3.28. The van der Waals surface area contributed by atoms with Gasteiger partial charge in [0.1, 0.15) is 0 Å². The van der Waals surface area contributed by atoms with E-state index in [4.69, 9.17) is 16.0 Å². The van der Waals surface area contributed by atoms with E-state index in [1.807, 2.05) is 0 Å². The molecular weight excluding hydrogens is 132 g/mol. The molecule has 0 saturated heterocycles. The molecule has 0 aromatic carbocycles. The van der Waals surface area contributed by atoms with Crippen molar-refractivity contribution in [2.45, 2.75) is 13.0 Å². The summed E-state index contributed by atoms with van der Waals surface area (Å²) in [4.78, 5) is 3.94. The van der Waals surface area contributed by atoms with Crippen LogP contribution in [0.5, 0.6) is 0 Å². The van der Waals surface area contributed by atoms with E-state index in [9.17, 15) is 0 Å². The van der Waals surface area contributed by atoms with Crippen molar-refractivity contribution in [3.63, 3.8) is 0 Å². The first-order chi connectivity index (χ1) is 4.86. The minimum absolute atomic E-state index is 0.314. The van der Waals surface area contributed by atoms with Gasteiger partial charge in [-0.1, -0.05) is 5.16 Å². The third kappa shape index (κ3) is 1.52. The highest BCUT2D eigenvalue weighted by molar-refractivity contribution is 4.85. The van der Waals surface area contributed by atoms with E-state index in [0.29, 0.717) is 31.2 Å². The van der Waals surface area contributed by atoms with Crippen LogP contribution in [0.3, 0.4) is 0 Å². The highest BCUT2D eigenvalue weighted by atomic mass is 16.5. The van der Waals surface area contributed by atoms with E-state index in [1.165, 1.54) is 0 Å². The molecule has 0 bridgehead atoms. The molecule has 10 heavy (non-hydrogen) atoms. The predicted molar refractivity (Wildman–Crippen MR) is 34.9 cm³/mol. The normalized spacial score (nSPS) is 10.2. The second-order valence-corrected chi connectivity index (χ2v) is 1.85. The molecule has 0 amide bonds.